The molecule has 0 aliphatic carbocycles. The third-order valence-electron chi connectivity index (χ3n) is 2.72. The normalized spacial score (nSPS) is 12.9. The third-order valence-corrected chi connectivity index (χ3v) is 3.34. The van der Waals surface area contributed by atoms with Crippen LogP contribution in [0.4, 0.5) is 0 Å². The van der Waals surface area contributed by atoms with Gasteiger partial charge in [0.1, 0.15) is 0 Å². The van der Waals surface area contributed by atoms with Crippen molar-refractivity contribution in [3.63, 3.8) is 0 Å². The molecule has 0 amide bonds. The van der Waals surface area contributed by atoms with Crippen LogP contribution in [0.1, 0.15) is 24.4 Å². The van der Waals surface area contributed by atoms with Crippen molar-refractivity contribution in [1.29, 1.82) is 0 Å². The number of hydrogen-bond acceptors (Lipinski definition) is 3. The molecule has 17 heavy (non-hydrogen) atoms. The van der Waals surface area contributed by atoms with Gasteiger partial charge in [0.05, 0.1) is 28.1 Å². The number of rotatable bonds is 4. The molecule has 0 spiro atoms. The first-order valence-electron chi connectivity index (χ1n) is 5.55. The van der Waals surface area contributed by atoms with Crippen LogP contribution in [0.3, 0.4) is 0 Å². The molecule has 2 aromatic heterocycles. The molecule has 1 unspecified atom stereocenters. The second kappa shape index (κ2) is 5.01. The van der Waals surface area contributed by atoms with Gasteiger partial charge in [-0.25, -0.2) is 0 Å². The Balaban J connectivity index is 2.44. The van der Waals surface area contributed by atoms with Gasteiger partial charge < -0.3 is 5.32 Å². The summed E-state index contributed by atoms with van der Waals surface area (Å²) in [5, 5.41) is 12.1. The Morgan fingerprint density at radius 2 is 2.29 bits per heavy atom. The molecule has 0 saturated heterocycles. The SMILES string of the molecule is CCn1ncc(Br)c1C(NC)c1ccn(C)n1. The molecule has 0 aromatic carbocycles. The summed E-state index contributed by atoms with van der Waals surface area (Å²) in [6.45, 7) is 2.92. The van der Waals surface area contributed by atoms with E-state index < -0.39 is 0 Å². The van der Waals surface area contributed by atoms with E-state index in [2.05, 4.69) is 38.4 Å². The minimum atomic E-state index is 0.0491. The minimum absolute atomic E-state index is 0.0491. The van der Waals surface area contributed by atoms with Crippen LogP contribution in [0.5, 0.6) is 0 Å². The maximum atomic E-state index is 4.45. The first kappa shape index (κ1) is 12.3. The van der Waals surface area contributed by atoms with Crippen LogP contribution in [-0.2, 0) is 13.6 Å². The molecule has 1 N–H and O–H groups in total. The van der Waals surface area contributed by atoms with Crippen molar-refractivity contribution in [3.05, 3.63) is 34.3 Å². The van der Waals surface area contributed by atoms with Crippen molar-refractivity contribution in [2.24, 2.45) is 7.05 Å². The van der Waals surface area contributed by atoms with E-state index in [9.17, 15) is 0 Å². The number of nitrogens with one attached hydrogen (secondary N) is 1. The van der Waals surface area contributed by atoms with E-state index in [0.29, 0.717) is 0 Å². The zero-order valence-electron chi connectivity index (χ0n) is 10.2. The third kappa shape index (κ3) is 2.28. The molecule has 5 nitrogen and oxygen atoms in total. The summed E-state index contributed by atoms with van der Waals surface area (Å²) in [6, 6.07) is 2.06. The fraction of sp³-hybridized carbons (Fsp3) is 0.455. The van der Waals surface area contributed by atoms with Gasteiger partial charge in [-0.15, -0.1) is 0 Å². The van der Waals surface area contributed by atoms with Crippen LogP contribution in [0.15, 0.2) is 22.9 Å². The lowest BCUT2D eigenvalue weighted by Crippen LogP contribution is -2.22. The summed E-state index contributed by atoms with van der Waals surface area (Å²) < 4.78 is 4.78. The average molecular weight is 298 g/mol. The zero-order valence-corrected chi connectivity index (χ0v) is 11.8. The van der Waals surface area contributed by atoms with Gasteiger partial charge in [0, 0.05) is 19.8 Å². The van der Waals surface area contributed by atoms with Crippen LogP contribution in [0.2, 0.25) is 0 Å². The van der Waals surface area contributed by atoms with Gasteiger partial charge >= 0.3 is 0 Å². The Labute approximate surface area is 109 Å². The van der Waals surface area contributed by atoms with Gasteiger partial charge in [0.25, 0.3) is 0 Å². The summed E-state index contributed by atoms with van der Waals surface area (Å²) in [7, 11) is 3.85. The highest BCUT2D eigenvalue weighted by Gasteiger charge is 2.21. The fourth-order valence-corrected chi connectivity index (χ4v) is 2.45. The molecule has 2 aromatic rings. The number of nitrogens with zero attached hydrogens (tertiary/aromatic N) is 4. The maximum Gasteiger partial charge on any atom is 0.0949 e. The first-order valence-corrected chi connectivity index (χ1v) is 6.34. The lowest BCUT2D eigenvalue weighted by atomic mass is 10.1. The average Bonchev–Trinajstić information content (AvgIpc) is 2.89. The smallest absolute Gasteiger partial charge is 0.0949 e. The Bertz CT molecular complexity index is 502. The minimum Gasteiger partial charge on any atom is -0.307 e. The van der Waals surface area contributed by atoms with E-state index in [-0.39, 0.29) is 6.04 Å². The molecule has 1 atom stereocenters. The lowest BCUT2D eigenvalue weighted by Gasteiger charge is -2.16. The first-order chi connectivity index (χ1) is 8.17. The molecule has 0 saturated carbocycles. The molecular weight excluding hydrogens is 282 g/mol. The van der Waals surface area contributed by atoms with Gasteiger partial charge in [-0.3, -0.25) is 9.36 Å². The van der Waals surface area contributed by atoms with Crippen molar-refractivity contribution in [1.82, 2.24) is 24.9 Å². The van der Waals surface area contributed by atoms with Gasteiger partial charge in [-0.1, -0.05) is 0 Å². The summed E-state index contributed by atoms with van der Waals surface area (Å²) >= 11 is 3.55. The van der Waals surface area contributed by atoms with Crippen molar-refractivity contribution in [2.45, 2.75) is 19.5 Å². The van der Waals surface area contributed by atoms with Crippen LogP contribution >= 0.6 is 15.9 Å². The molecule has 0 aliphatic rings. The Morgan fingerprint density at radius 3 is 2.82 bits per heavy atom. The van der Waals surface area contributed by atoms with E-state index in [1.165, 1.54) is 0 Å². The monoisotopic (exact) mass is 297 g/mol. The number of halogens is 1. The quantitative estimate of drug-likeness (QED) is 0.935. The Kier molecular flexibility index (Phi) is 3.63. The van der Waals surface area contributed by atoms with E-state index in [1.807, 2.05) is 37.2 Å². The standard InChI is InChI=1S/C11H16BrN5/c1-4-17-11(8(12)7-14-17)10(13-2)9-5-6-16(3)15-9/h5-7,10,13H,4H2,1-3H3. The molecule has 2 rings (SSSR count). The highest BCUT2D eigenvalue weighted by molar-refractivity contribution is 9.10. The number of aryl methyl sites for hydroxylation is 2. The second-order valence-electron chi connectivity index (χ2n) is 3.83. The van der Waals surface area contributed by atoms with Crippen LogP contribution < -0.4 is 5.32 Å². The molecular formula is C11H16BrN5. The van der Waals surface area contributed by atoms with Gasteiger partial charge in [-0.05, 0) is 36.0 Å². The fourth-order valence-electron chi connectivity index (χ4n) is 1.92. The molecule has 2 heterocycles. The molecule has 0 bridgehead atoms. The summed E-state index contributed by atoms with van der Waals surface area (Å²) in [4.78, 5) is 0. The highest BCUT2D eigenvalue weighted by atomic mass is 79.9. The molecule has 0 aliphatic heterocycles. The topological polar surface area (TPSA) is 47.7 Å². The second-order valence-corrected chi connectivity index (χ2v) is 4.68. The predicted molar refractivity (Wildman–Crippen MR) is 69.7 cm³/mol. The summed E-state index contributed by atoms with van der Waals surface area (Å²) in [5.74, 6) is 0. The van der Waals surface area contributed by atoms with Crippen molar-refractivity contribution in [3.8, 4) is 0 Å². The Morgan fingerprint density at radius 1 is 1.53 bits per heavy atom. The molecule has 92 valence electrons. The van der Waals surface area contributed by atoms with Crippen molar-refractivity contribution < 1.29 is 0 Å². The van der Waals surface area contributed by atoms with Crippen molar-refractivity contribution in [2.75, 3.05) is 7.05 Å². The van der Waals surface area contributed by atoms with Gasteiger partial charge in [0.15, 0.2) is 0 Å². The van der Waals surface area contributed by atoms with E-state index in [4.69, 9.17) is 0 Å². The Hall–Kier alpha value is -1.14. The van der Waals surface area contributed by atoms with E-state index in [1.54, 1.807) is 4.68 Å². The largest absolute Gasteiger partial charge is 0.307 e. The van der Waals surface area contributed by atoms with Gasteiger partial charge in [-0.2, -0.15) is 10.2 Å². The summed E-state index contributed by atoms with van der Waals surface area (Å²) in [5.41, 5.74) is 2.10. The molecule has 6 heteroatoms. The molecule has 0 fully saturated rings. The van der Waals surface area contributed by atoms with E-state index in [0.717, 1.165) is 22.4 Å². The maximum absolute atomic E-state index is 4.45. The lowest BCUT2D eigenvalue weighted by molar-refractivity contribution is 0.548. The number of hydrogen-bond donors (Lipinski definition) is 1. The number of aromatic nitrogens is 4. The molecule has 0 radical (unpaired) electrons. The van der Waals surface area contributed by atoms with Crippen molar-refractivity contribution >= 4 is 15.9 Å². The highest BCUT2D eigenvalue weighted by Crippen LogP contribution is 2.27. The predicted octanol–water partition coefficient (Wildman–Crippen LogP) is 1.71. The zero-order chi connectivity index (χ0) is 12.4. The van der Waals surface area contributed by atoms with E-state index >= 15 is 0 Å². The van der Waals surface area contributed by atoms with Crippen LogP contribution in [0.25, 0.3) is 0 Å². The van der Waals surface area contributed by atoms with Crippen LogP contribution in [-0.4, -0.2) is 26.6 Å². The summed E-state index contributed by atoms with van der Waals surface area (Å²) in [6.07, 6.45) is 3.77. The van der Waals surface area contributed by atoms with Crippen LogP contribution in [0, 0.1) is 0 Å². The van der Waals surface area contributed by atoms with Gasteiger partial charge in [0.2, 0.25) is 0 Å².